The molecule has 7 N–H and O–H groups in total. The number of nitrogens with one attached hydrogen (secondary N) is 1. The molecule has 4 heterocycles. The number of imidazole rings is 1. The number of H-pyrrole nitrogens is 1. The molecule has 17 heteroatoms. The predicted molar refractivity (Wildman–Crippen MR) is 141 cm³/mol. The first-order valence-corrected chi connectivity index (χ1v) is 12.9. The number of nitrogens with two attached hydrogens (primary N) is 1. The SMILES string of the molecule is COC1[C@@H](O)[C@@H](CO)O[C@H]1n1cnc2c(N)ncnc21.COCCO[C@H]1C(O)[C@@H](CO)C[C@H]1n1ccc(=O)[nH]c1=O. The second-order valence-corrected chi connectivity index (χ2v) is 9.60. The van der Waals surface area contributed by atoms with Gasteiger partial charge in [-0.2, -0.15) is 0 Å². The van der Waals surface area contributed by atoms with Crippen LogP contribution in [0.15, 0.2) is 34.5 Å². The number of aliphatic hydroxyl groups is 4. The highest BCUT2D eigenvalue weighted by Crippen LogP contribution is 2.36. The Labute approximate surface area is 233 Å². The fourth-order valence-corrected chi connectivity index (χ4v) is 5.10. The van der Waals surface area contributed by atoms with Gasteiger partial charge < -0.3 is 45.1 Å². The molecular weight excluding hydrogens is 546 g/mol. The number of fused-ring (bicyclic) bond motifs is 1. The molecule has 0 spiro atoms. The van der Waals surface area contributed by atoms with E-state index in [2.05, 4.69) is 19.9 Å². The van der Waals surface area contributed by atoms with Gasteiger partial charge in [0.05, 0.1) is 38.3 Å². The number of hydrogen-bond donors (Lipinski definition) is 6. The second-order valence-electron chi connectivity index (χ2n) is 9.60. The summed E-state index contributed by atoms with van der Waals surface area (Å²) in [6.07, 6.45) is 0.134. The van der Waals surface area contributed by atoms with Crippen molar-refractivity contribution in [1.29, 1.82) is 0 Å². The molecule has 1 saturated carbocycles. The van der Waals surface area contributed by atoms with Crippen molar-refractivity contribution in [2.75, 3.05) is 46.4 Å². The Morgan fingerprint density at radius 3 is 2.51 bits per heavy atom. The van der Waals surface area contributed by atoms with Crippen molar-refractivity contribution in [3.05, 3.63) is 45.8 Å². The highest BCUT2D eigenvalue weighted by Gasteiger charge is 2.46. The van der Waals surface area contributed by atoms with E-state index in [1.54, 1.807) is 4.57 Å². The first-order chi connectivity index (χ1) is 19.7. The quantitative estimate of drug-likeness (QED) is 0.139. The lowest BCUT2D eigenvalue weighted by atomic mass is 10.1. The maximum absolute atomic E-state index is 11.9. The van der Waals surface area contributed by atoms with Gasteiger partial charge in [-0.15, -0.1) is 0 Å². The van der Waals surface area contributed by atoms with Crippen LogP contribution in [-0.4, -0.2) is 121 Å². The zero-order valence-corrected chi connectivity index (χ0v) is 22.5. The lowest BCUT2D eigenvalue weighted by Gasteiger charge is -2.24. The Morgan fingerprint density at radius 2 is 1.85 bits per heavy atom. The van der Waals surface area contributed by atoms with Gasteiger partial charge >= 0.3 is 5.69 Å². The molecule has 1 aliphatic heterocycles. The summed E-state index contributed by atoms with van der Waals surface area (Å²) in [5.41, 5.74) is 5.62. The normalized spacial score (nSPS) is 29.5. The highest BCUT2D eigenvalue weighted by molar-refractivity contribution is 5.81. The van der Waals surface area contributed by atoms with Gasteiger partial charge in [0.1, 0.15) is 36.3 Å². The third-order valence-electron chi connectivity index (χ3n) is 7.21. The fraction of sp³-hybridized carbons (Fsp3) is 0.625. The van der Waals surface area contributed by atoms with Gasteiger partial charge in [0.2, 0.25) is 0 Å². The molecule has 0 radical (unpaired) electrons. The van der Waals surface area contributed by atoms with Gasteiger partial charge in [0.25, 0.3) is 5.56 Å². The number of aromatic amines is 1. The fourth-order valence-electron chi connectivity index (χ4n) is 5.10. The average Bonchev–Trinajstić information content (AvgIpc) is 3.63. The molecule has 1 saturated heterocycles. The molecule has 226 valence electrons. The summed E-state index contributed by atoms with van der Waals surface area (Å²) in [4.78, 5) is 37.3. The van der Waals surface area contributed by atoms with Crippen LogP contribution in [0.2, 0.25) is 0 Å². The van der Waals surface area contributed by atoms with Crippen molar-refractivity contribution < 1.29 is 39.4 Å². The van der Waals surface area contributed by atoms with E-state index in [0.717, 1.165) is 0 Å². The standard InChI is InChI=1S/C13H20N2O6.C11H15N5O4/c1-20-4-5-21-12-9(6-8(7-16)11(12)18)15-3-2-10(17)14-13(15)19;1-19-8-7(18)5(2-17)20-11(8)16-4-15-6-9(12)13-3-14-10(6)16/h2-3,8-9,11-12,16,18H,4-7H2,1H3,(H,14,17,19);3-5,7-8,11,17-18H,2H2,1H3,(H2,12,13,14)/t8-,9-,11?,12-;5-,7+,8?,11-/m11/s1. The number of aromatic nitrogens is 6. The third kappa shape index (κ3) is 6.31. The van der Waals surface area contributed by atoms with E-state index in [1.807, 2.05) is 0 Å². The van der Waals surface area contributed by atoms with Crippen molar-refractivity contribution in [3.63, 3.8) is 0 Å². The Balaban J connectivity index is 0.000000189. The van der Waals surface area contributed by atoms with E-state index in [1.165, 1.54) is 43.7 Å². The number of nitrogen functional groups attached to an aromatic ring is 1. The van der Waals surface area contributed by atoms with Crippen LogP contribution in [0.3, 0.4) is 0 Å². The summed E-state index contributed by atoms with van der Waals surface area (Å²) in [6.45, 7) is 0.131. The first kappa shape index (κ1) is 30.7. The minimum atomic E-state index is -0.938. The Morgan fingerprint density at radius 1 is 1.07 bits per heavy atom. The smallest absolute Gasteiger partial charge is 0.328 e. The number of anilines is 1. The van der Waals surface area contributed by atoms with Crippen LogP contribution in [-0.2, 0) is 18.9 Å². The van der Waals surface area contributed by atoms with E-state index in [0.29, 0.717) is 24.2 Å². The molecule has 8 atom stereocenters. The van der Waals surface area contributed by atoms with Crippen LogP contribution in [0.1, 0.15) is 18.7 Å². The zero-order valence-electron chi connectivity index (χ0n) is 22.5. The monoisotopic (exact) mass is 581 g/mol. The van der Waals surface area contributed by atoms with Crippen LogP contribution >= 0.6 is 0 Å². The van der Waals surface area contributed by atoms with Crippen molar-refractivity contribution in [1.82, 2.24) is 29.1 Å². The maximum atomic E-state index is 11.9. The topological polar surface area (TPSA) is 242 Å². The minimum Gasteiger partial charge on any atom is -0.396 e. The number of aliphatic hydroxyl groups excluding tert-OH is 4. The summed E-state index contributed by atoms with van der Waals surface area (Å²) in [5.74, 6) is -0.110. The highest BCUT2D eigenvalue weighted by atomic mass is 16.6. The number of methoxy groups -OCH3 is 2. The minimum absolute atomic E-state index is 0.195. The predicted octanol–water partition coefficient (Wildman–Crippen LogP) is -2.84. The van der Waals surface area contributed by atoms with Crippen LogP contribution in [0.5, 0.6) is 0 Å². The molecule has 3 aromatic heterocycles. The van der Waals surface area contributed by atoms with Gasteiger partial charge in [-0.3, -0.25) is 18.9 Å². The lowest BCUT2D eigenvalue weighted by molar-refractivity contribution is -0.0644. The molecule has 1 aliphatic carbocycles. The first-order valence-electron chi connectivity index (χ1n) is 12.9. The molecule has 2 fully saturated rings. The molecule has 5 rings (SSSR count). The number of nitrogens with zero attached hydrogens (tertiary/aromatic N) is 5. The molecular formula is C24H35N7O10. The third-order valence-corrected chi connectivity index (χ3v) is 7.21. The number of ether oxygens (including phenoxy) is 4. The molecule has 17 nitrogen and oxygen atoms in total. The van der Waals surface area contributed by atoms with E-state index in [-0.39, 0.29) is 31.6 Å². The Bertz CT molecular complexity index is 1400. The molecule has 2 aliphatic rings. The molecule has 0 bridgehead atoms. The van der Waals surface area contributed by atoms with Crippen molar-refractivity contribution in [2.45, 2.75) is 49.2 Å². The summed E-state index contributed by atoms with van der Waals surface area (Å²) in [5, 5.41) is 38.8. The zero-order chi connectivity index (χ0) is 29.7. The van der Waals surface area contributed by atoms with Crippen LogP contribution in [0.25, 0.3) is 11.2 Å². The van der Waals surface area contributed by atoms with E-state index in [4.69, 9.17) is 24.7 Å². The van der Waals surface area contributed by atoms with Gasteiger partial charge in [0, 0.05) is 39.0 Å². The number of rotatable bonds is 9. The Hall–Kier alpha value is -3.29. The maximum Gasteiger partial charge on any atom is 0.328 e. The summed E-state index contributed by atoms with van der Waals surface area (Å²) >= 11 is 0. The van der Waals surface area contributed by atoms with Crippen LogP contribution < -0.4 is 17.0 Å². The summed E-state index contributed by atoms with van der Waals surface area (Å²) < 4.78 is 24.3. The van der Waals surface area contributed by atoms with E-state index in [9.17, 15) is 30.0 Å². The van der Waals surface area contributed by atoms with Crippen molar-refractivity contribution >= 4 is 17.0 Å². The lowest BCUT2D eigenvalue weighted by Crippen LogP contribution is -2.39. The molecule has 2 unspecified atom stereocenters. The van der Waals surface area contributed by atoms with Crippen molar-refractivity contribution in [3.8, 4) is 0 Å². The molecule has 0 aromatic carbocycles. The van der Waals surface area contributed by atoms with Gasteiger partial charge in [-0.05, 0) is 6.42 Å². The van der Waals surface area contributed by atoms with Crippen molar-refractivity contribution in [2.24, 2.45) is 5.92 Å². The number of hydrogen-bond acceptors (Lipinski definition) is 14. The van der Waals surface area contributed by atoms with Crippen LogP contribution in [0, 0.1) is 5.92 Å². The van der Waals surface area contributed by atoms with E-state index >= 15 is 0 Å². The van der Waals surface area contributed by atoms with E-state index < -0.39 is 54.0 Å². The van der Waals surface area contributed by atoms with Gasteiger partial charge in [0.15, 0.2) is 17.7 Å². The van der Waals surface area contributed by atoms with Crippen LogP contribution in [0.4, 0.5) is 5.82 Å². The van der Waals surface area contributed by atoms with Gasteiger partial charge in [-0.1, -0.05) is 0 Å². The summed E-state index contributed by atoms with van der Waals surface area (Å²) in [6, 6.07) is 0.796. The summed E-state index contributed by atoms with van der Waals surface area (Å²) in [7, 11) is 3.00. The molecule has 41 heavy (non-hydrogen) atoms. The molecule has 0 amide bonds. The molecule has 3 aromatic rings. The Kier molecular flexibility index (Phi) is 10.2. The largest absolute Gasteiger partial charge is 0.396 e. The average molecular weight is 582 g/mol. The van der Waals surface area contributed by atoms with Gasteiger partial charge in [-0.25, -0.2) is 19.7 Å². The second kappa shape index (κ2) is 13.6.